The van der Waals surface area contributed by atoms with Gasteiger partial charge in [-0.1, -0.05) is 23.2 Å². The Morgan fingerprint density at radius 2 is 2.11 bits per heavy atom. The molecule has 1 N–H and O–H groups in total. The number of rotatable bonds is 4. The Kier molecular flexibility index (Phi) is 4.41. The molecule has 0 bridgehead atoms. The molecule has 2 rings (SSSR count). The van der Waals surface area contributed by atoms with Crippen LogP contribution in [0.1, 0.15) is 12.8 Å². The fraction of sp³-hybridized carbons (Fsp3) is 0.417. The van der Waals surface area contributed by atoms with Crippen molar-refractivity contribution < 1.29 is 9.53 Å². The molecule has 1 aliphatic carbocycles. The molecule has 0 aromatic heterocycles. The van der Waals surface area contributed by atoms with E-state index < -0.39 is 0 Å². The number of ether oxygens (including phenoxy) is 1. The molecule has 1 unspecified atom stereocenters. The molecule has 0 spiro atoms. The summed E-state index contributed by atoms with van der Waals surface area (Å²) in [7, 11) is 1.38. The number of nitrogens with one attached hydrogen (secondary N) is 1. The van der Waals surface area contributed by atoms with Gasteiger partial charge in [0.2, 0.25) is 0 Å². The van der Waals surface area contributed by atoms with Crippen molar-refractivity contribution in [1.29, 1.82) is 0 Å². The Hall–Kier alpha value is -0.450. The van der Waals surface area contributed by atoms with Crippen LogP contribution < -0.4 is 5.32 Å². The zero-order chi connectivity index (χ0) is 13.3. The van der Waals surface area contributed by atoms with Gasteiger partial charge in [0, 0.05) is 4.47 Å². The maximum Gasteiger partial charge on any atom is 0.328 e. The van der Waals surface area contributed by atoms with Crippen molar-refractivity contribution >= 4 is 50.8 Å². The van der Waals surface area contributed by atoms with E-state index in [1.165, 1.54) is 7.11 Å². The second-order valence-corrected chi connectivity index (χ2v) is 5.82. The normalized spacial score (nSPS) is 16.2. The molecule has 98 valence electrons. The Morgan fingerprint density at radius 3 is 2.67 bits per heavy atom. The van der Waals surface area contributed by atoms with Gasteiger partial charge in [-0.15, -0.1) is 0 Å². The summed E-state index contributed by atoms with van der Waals surface area (Å²) < 4.78 is 5.52. The lowest BCUT2D eigenvalue weighted by Crippen LogP contribution is -2.32. The molecular weight excluding hydrogens is 341 g/mol. The lowest BCUT2D eigenvalue weighted by atomic mass is 10.1. The van der Waals surface area contributed by atoms with E-state index in [0.717, 1.165) is 17.3 Å². The first-order valence-electron chi connectivity index (χ1n) is 5.52. The van der Waals surface area contributed by atoms with E-state index in [2.05, 4.69) is 21.2 Å². The Balaban J connectivity index is 2.21. The molecule has 0 saturated heterocycles. The maximum absolute atomic E-state index is 11.7. The largest absolute Gasteiger partial charge is 0.467 e. The van der Waals surface area contributed by atoms with Crippen LogP contribution in [-0.4, -0.2) is 19.1 Å². The molecule has 1 saturated carbocycles. The van der Waals surface area contributed by atoms with Crippen molar-refractivity contribution in [3.05, 3.63) is 26.7 Å². The second kappa shape index (κ2) is 5.68. The fourth-order valence-electron chi connectivity index (χ4n) is 1.73. The molecule has 0 amide bonds. The van der Waals surface area contributed by atoms with Crippen molar-refractivity contribution in [1.82, 2.24) is 0 Å². The summed E-state index contributed by atoms with van der Waals surface area (Å²) in [5, 5.41) is 3.95. The second-order valence-electron chi connectivity index (χ2n) is 4.21. The summed E-state index contributed by atoms with van der Waals surface area (Å²) in [6.45, 7) is 0. The topological polar surface area (TPSA) is 38.3 Å². The molecule has 1 aromatic rings. The summed E-state index contributed by atoms with van der Waals surface area (Å²) in [6.07, 6.45) is 2.04. The van der Waals surface area contributed by atoms with Gasteiger partial charge >= 0.3 is 5.97 Å². The van der Waals surface area contributed by atoms with E-state index in [4.69, 9.17) is 27.9 Å². The van der Waals surface area contributed by atoms with Gasteiger partial charge in [0.1, 0.15) is 6.04 Å². The molecule has 0 aliphatic heterocycles. The van der Waals surface area contributed by atoms with E-state index in [1.807, 2.05) is 0 Å². The van der Waals surface area contributed by atoms with Gasteiger partial charge < -0.3 is 10.1 Å². The fourth-order valence-corrected chi connectivity index (χ4v) is 2.56. The van der Waals surface area contributed by atoms with Gasteiger partial charge in [0.25, 0.3) is 0 Å². The average Bonchev–Trinajstić information content (AvgIpc) is 3.19. The molecule has 18 heavy (non-hydrogen) atoms. The number of carbonyl (C=O) groups excluding carboxylic acids is 1. The van der Waals surface area contributed by atoms with Crippen LogP contribution >= 0.6 is 39.1 Å². The third kappa shape index (κ3) is 2.92. The van der Waals surface area contributed by atoms with Crippen LogP contribution in [0, 0.1) is 5.92 Å². The van der Waals surface area contributed by atoms with E-state index in [1.54, 1.807) is 12.1 Å². The Bertz CT molecular complexity index is 477. The standard InChI is InChI=1S/C12H12BrCl2NO2/c1-18-12(17)11(6-2-3-6)16-8-5-4-7(13)9(14)10(8)15/h4-6,11,16H,2-3H2,1H3. The van der Waals surface area contributed by atoms with E-state index in [9.17, 15) is 4.79 Å². The third-order valence-electron chi connectivity index (χ3n) is 2.89. The molecule has 1 aromatic carbocycles. The predicted octanol–water partition coefficient (Wildman–Crippen LogP) is 4.12. The highest BCUT2D eigenvalue weighted by atomic mass is 79.9. The van der Waals surface area contributed by atoms with Crippen LogP contribution in [0.15, 0.2) is 16.6 Å². The minimum Gasteiger partial charge on any atom is -0.467 e. The number of methoxy groups -OCH3 is 1. The maximum atomic E-state index is 11.7. The summed E-state index contributed by atoms with van der Waals surface area (Å²) >= 11 is 15.5. The van der Waals surface area contributed by atoms with Crippen LogP contribution in [0.25, 0.3) is 0 Å². The van der Waals surface area contributed by atoms with Crippen LogP contribution in [0.3, 0.4) is 0 Å². The summed E-state index contributed by atoms with van der Waals surface area (Å²) in [4.78, 5) is 11.7. The monoisotopic (exact) mass is 351 g/mol. The van der Waals surface area contributed by atoms with Gasteiger partial charge in [-0.3, -0.25) is 0 Å². The minimum absolute atomic E-state index is 0.271. The molecule has 0 heterocycles. The lowest BCUT2D eigenvalue weighted by molar-refractivity contribution is -0.142. The van der Waals surface area contributed by atoms with Crippen LogP contribution in [-0.2, 0) is 9.53 Å². The zero-order valence-corrected chi connectivity index (χ0v) is 12.8. The van der Waals surface area contributed by atoms with Crippen LogP contribution in [0.5, 0.6) is 0 Å². The van der Waals surface area contributed by atoms with E-state index in [0.29, 0.717) is 21.7 Å². The van der Waals surface area contributed by atoms with Gasteiger partial charge in [-0.25, -0.2) is 4.79 Å². The predicted molar refractivity (Wildman–Crippen MR) is 76.3 cm³/mol. The van der Waals surface area contributed by atoms with Crippen molar-refractivity contribution in [2.24, 2.45) is 5.92 Å². The third-order valence-corrected chi connectivity index (χ3v) is 4.67. The SMILES string of the molecule is COC(=O)C(Nc1ccc(Br)c(Cl)c1Cl)C1CC1. The molecule has 1 aliphatic rings. The highest BCUT2D eigenvalue weighted by Crippen LogP contribution is 2.39. The molecular formula is C12H12BrCl2NO2. The highest BCUT2D eigenvalue weighted by molar-refractivity contribution is 9.10. The summed E-state index contributed by atoms with van der Waals surface area (Å²) in [6, 6.07) is 3.22. The first kappa shape index (κ1) is 14.0. The number of hydrogen-bond donors (Lipinski definition) is 1. The zero-order valence-electron chi connectivity index (χ0n) is 9.67. The van der Waals surface area contributed by atoms with Gasteiger partial charge in [0.15, 0.2) is 0 Å². The van der Waals surface area contributed by atoms with Crippen LogP contribution in [0.4, 0.5) is 5.69 Å². The molecule has 1 atom stereocenters. The number of carbonyl (C=O) groups is 1. The molecule has 6 heteroatoms. The van der Waals surface area contributed by atoms with Crippen molar-refractivity contribution in [2.45, 2.75) is 18.9 Å². The number of halogens is 3. The molecule has 0 radical (unpaired) electrons. The smallest absolute Gasteiger partial charge is 0.328 e. The number of benzene rings is 1. The van der Waals surface area contributed by atoms with Crippen molar-refractivity contribution in [3.63, 3.8) is 0 Å². The van der Waals surface area contributed by atoms with Gasteiger partial charge in [0.05, 0.1) is 22.8 Å². The Morgan fingerprint density at radius 1 is 1.44 bits per heavy atom. The highest BCUT2D eigenvalue weighted by Gasteiger charge is 2.37. The molecule has 1 fully saturated rings. The minimum atomic E-state index is -0.357. The summed E-state index contributed by atoms with van der Waals surface area (Å²) in [5.74, 6) is 0.0450. The van der Waals surface area contributed by atoms with Gasteiger partial charge in [-0.05, 0) is 46.8 Å². The van der Waals surface area contributed by atoms with Gasteiger partial charge in [-0.2, -0.15) is 0 Å². The first-order chi connectivity index (χ1) is 8.54. The average molecular weight is 353 g/mol. The van der Waals surface area contributed by atoms with Crippen LogP contribution in [0.2, 0.25) is 10.0 Å². The van der Waals surface area contributed by atoms with Crippen molar-refractivity contribution in [2.75, 3.05) is 12.4 Å². The Labute approximate surface area is 124 Å². The van der Waals surface area contributed by atoms with E-state index in [-0.39, 0.29) is 12.0 Å². The first-order valence-corrected chi connectivity index (χ1v) is 7.07. The number of esters is 1. The van der Waals surface area contributed by atoms with E-state index >= 15 is 0 Å². The van der Waals surface area contributed by atoms with Crippen molar-refractivity contribution in [3.8, 4) is 0 Å². The lowest BCUT2D eigenvalue weighted by Gasteiger charge is -2.18. The summed E-state index contributed by atoms with van der Waals surface area (Å²) in [5.41, 5.74) is 0.646. The quantitative estimate of drug-likeness (QED) is 0.654. The number of anilines is 1. The number of hydrogen-bond acceptors (Lipinski definition) is 3. The molecule has 3 nitrogen and oxygen atoms in total.